The summed E-state index contributed by atoms with van der Waals surface area (Å²) in [6.45, 7) is 3.79. The first-order chi connectivity index (χ1) is 16.5. The highest BCUT2D eigenvalue weighted by molar-refractivity contribution is 5.95. The van der Waals surface area contributed by atoms with Crippen LogP contribution in [-0.4, -0.2) is 28.5 Å². The smallest absolute Gasteiger partial charge is 0.330 e. The monoisotopic (exact) mass is 461 g/mol. The predicted octanol–water partition coefficient (Wildman–Crippen LogP) is 2.90. The van der Waals surface area contributed by atoms with E-state index in [2.05, 4.69) is 4.98 Å². The Morgan fingerprint density at radius 3 is 2.59 bits per heavy atom. The van der Waals surface area contributed by atoms with Gasteiger partial charge in [-0.15, -0.1) is 0 Å². The third-order valence-corrected chi connectivity index (χ3v) is 6.27. The number of aromatic amines is 1. The van der Waals surface area contributed by atoms with Crippen LogP contribution >= 0.6 is 0 Å². The number of nitrogens with one attached hydrogen (secondary N) is 1. The highest BCUT2D eigenvalue weighted by Gasteiger charge is 2.26. The lowest BCUT2D eigenvalue weighted by atomic mass is 10.2. The van der Waals surface area contributed by atoms with Crippen LogP contribution in [0.25, 0.3) is 0 Å². The van der Waals surface area contributed by atoms with E-state index in [0.29, 0.717) is 26.2 Å². The summed E-state index contributed by atoms with van der Waals surface area (Å²) < 4.78 is 1.41. The molecule has 0 unspecified atom stereocenters. The number of carbonyl (C=O) groups is 1. The maximum atomic E-state index is 13.2. The van der Waals surface area contributed by atoms with Crippen LogP contribution in [-0.2, 0) is 24.3 Å². The molecule has 0 spiro atoms. The van der Waals surface area contributed by atoms with Gasteiger partial charge in [-0.25, -0.2) is 4.79 Å². The zero-order chi connectivity index (χ0) is 24.1. The molecule has 4 rings (SSSR count). The number of rotatable bonds is 9. The summed E-state index contributed by atoms with van der Waals surface area (Å²) in [7, 11) is 0. The van der Waals surface area contributed by atoms with Gasteiger partial charge in [0, 0.05) is 38.3 Å². The molecule has 0 fully saturated rings. The maximum Gasteiger partial charge on any atom is 0.330 e. The van der Waals surface area contributed by atoms with Gasteiger partial charge in [0.05, 0.1) is 0 Å². The normalized spacial score (nSPS) is 12.6. The van der Waals surface area contributed by atoms with Gasteiger partial charge in [0.1, 0.15) is 11.5 Å². The van der Waals surface area contributed by atoms with Crippen LogP contribution in [0.15, 0.2) is 64.2 Å². The van der Waals surface area contributed by atoms with Crippen molar-refractivity contribution in [2.24, 2.45) is 0 Å². The average molecular weight is 462 g/mol. The summed E-state index contributed by atoms with van der Waals surface area (Å²) in [5, 5.41) is 0. The number of amides is 1. The summed E-state index contributed by atoms with van der Waals surface area (Å²) in [6.07, 6.45) is 2.71. The van der Waals surface area contributed by atoms with Gasteiger partial charge in [0.15, 0.2) is 0 Å². The Morgan fingerprint density at radius 1 is 1.09 bits per heavy atom. The third-order valence-electron chi connectivity index (χ3n) is 6.27. The van der Waals surface area contributed by atoms with Crippen LogP contribution in [0, 0.1) is 0 Å². The van der Waals surface area contributed by atoms with E-state index in [1.807, 2.05) is 71.3 Å². The first kappa shape index (κ1) is 23.4. The van der Waals surface area contributed by atoms with Gasteiger partial charge in [-0.1, -0.05) is 61.9 Å². The molecule has 1 aliphatic heterocycles. The number of fused-ring (bicyclic) bond motifs is 1. The minimum atomic E-state index is -0.537. The largest absolute Gasteiger partial charge is 0.383 e. The van der Waals surface area contributed by atoms with Crippen LogP contribution < -0.4 is 26.8 Å². The van der Waals surface area contributed by atoms with Crippen LogP contribution in [0.3, 0.4) is 0 Å². The molecule has 8 nitrogen and oxygen atoms in total. The lowest BCUT2D eigenvalue weighted by molar-refractivity contribution is -0.118. The fraction of sp³-hybridized carbons (Fsp3) is 0.346. The van der Waals surface area contributed by atoms with E-state index in [0.717, 1.165) is 30.5 Å². The SMILES string of the molecule is CCCCn1c(N)c(N(CCC(=O)N2CCc3ccccc32)Cc2ccccc2)c(=O)[nH]c1=O. The lowest BCUT2D eigenvalue weighted by Gasteiger charge is -2.27. The summed E-state index contributed by atoms with van der Waals surface area (Å²) in [5.41, 5.74) is 8.66. The topological polar surface area (TPSA) is 104 Å². The van der Waals surface area contributed by atoms with Gasteiger partial charge in [-0.2, -0.15) is 0 Å². The molecular weight excluding hydrogens is 430 g/mol. The van der Waals surface area contributed by atoms with E-state index in [-0.39, 0.29) is 23.8 Å². The highest BCUT2D eigenvalue weighted by Crippen LogP contribution is 2.28. The zero-order valence-electron chi connectivity index (χ0n) is 19.5. The molecule has 1 aliphatic rings. The molecule has 0 atom stereocenters. The van der Waals surface area contributed by atoms with Crippen molar-refractivity contribution in [1.29, 1.82) is 0 Å². The van der Waals surface area contributed by atoms with E-state index < -0.39 is 11.2 Å². The molecule has 0 aliphatic carbocycles. The molecule has 34 heavy (non-hydrogen) atoms. The van der Waals surface area contributed by atoms with Crippen molar-refractivity contribution in [3.05, 3.63) is 86.6 Å². The molecule has 0 saturated heterocycles. The molecule has 1 amide bonds. The maximum absolute atomic E-state index is 13.2. The number of nitrogens with two attached hydrogens (primary N) is 1. The second-order valence-electron chi connectivity index (χ2n) is 8.58. The molecule has 3 N–H and O–H groups in total. The first-order valence-corrected chi connectivity index (χ1v) is 11.8. The third kappa shape index (κ3) is 4.90. The summed E-state index contributed by atoms with van der Waals surface area (Å²) in [5.74, 6) is 0.134. The molecule has 0 saturated carbocycles. The number of nitrogens with zero attached hydrogens (tertiary/aromatic N) is 3. The number of anilines is 3. The zero-order valence-corrected chi connectivity index (χ0v) is 19.5. The van der Waals surface area contributed by atoms with Gasteiger partial charge < -0.3 is 15.5 Å². The number of hydrogen-bond acceptors (Lipinski definition) is 5. The van der Waals surface area contributed by atoms with E-state index >= 15 is 0 Å². The van der Waals surface area contributed by atoms with Gasteiger partial charge in [0.2, 0.25) is 5.91 Å². The number of benzene rings is 2. The standard InChI is InChI=1S/C26H31N5O3/c1-2-3-15-31-24(27)23(25(33)28-26(31)34)29(18-19-9-5-4-6-10-19)16-14-22(32)30-17-13-20-11-7-8-12-21(20)30/h4-12H,2-3,13-18,27H2,1H3,(H,28,33,34). The number of carbonyl (C=O) groups excluding carboxylic acids is 1. The van der Waals surface area contributed by atoms with Crippen LogP contribution in [0.2, 0.25) is 0 Å². The molecule has 1 aromatic heterocycles. The number of aromatic nitrogens is 2. The van der Waals surface area contributed by atoms with Gasteiger partial charge in [-0.3, -0.25) is 19.1 Å². The molecule has 0 radical (unpaired) electrons. The Morgan fingerprint density at radius 2 is 1.82 bits per heavy atom. The average Bonchev–Trinajstić information content (AvgIpc) is 3.27. The quantitative estimate of drug-likeness (QED) is 0.510. The Bertz CT molecular complexity index is 1270. The Labute approximate surface area is 198 Å². The molecule has 8 heteroatoms. The number of unbranched alkanes of at least 4 members (excludes halogenated alkanes) is 1. The van der Waals surface area contributed by atoms with E-state index in [9.17, 15) is 14.4 Å². The van der Waals surface area contributed by atoms with Crippen LogP contribution in [0.1, 0.15) is 37.3 Å². The van der Waals surface area contributed by atoms with Gasteiger partial charge in [0.25, 0.3) is 5.56 Å². The molecule has 2 aromatic carbocycles. The second kappa shape index (κ2) is 10.4. The Kier molecular flexibility index (Phi) is 7.15. The van der Waals surface area contributed by atoms with Crippen LogP contribution in [0.5, 0.6) is 0 Å². The van der Waals surface area contributed by atoms with E-state index in [1.54, 1.807) is 0 Å². The van der Waals surface area contributed by atoms with Crippen LogP contribution in [0.4, 0.5) is 17.2 Å². The summed E-state index contributed by atoms with van der Waals surface area (Å²) >= 11 is 0. The van der Waals surface area contributed by atoms with Gasteiger partial charge >= 0.3 is 5.69 Å². The fourth-order valence-electron chi connectivity index (χ4n) is 4.46. The number of H-pyrrole nitrogens is 1. The van der Waals surface area contributed by atoms with Crippen molar-refractivity contribution in [1.82, 2.24) is 9.55 Å². The van der Waals surface area contributed by atoms with Crippen molar-refractivity contribution in [2.75, 3.05) is 28.6 Å². The number of hydrogen-bond donors (Lipinski definition) is 2. The molecule has 178 valence electrons. The molecular formula is C26H31N5O3. The summed E-state index contributed by atoms with van der Waals surface area (Å²) in [6, 6.07) is 17.6. The Balaban J connectivity index is 1.62. The second-order valence-corrected chi connectivity index (χ2v) is 8.58. The summed E-state index contributed by atoms with van der Waals surface area (Å²) in [4.78, 5) is 44.5. The highest BCUT2D eigenvalue weighted by atomic mass is 16.2. The van der Waals surface area contributed by atoms with Gasteiger partial charge in [-0.05, 0) is 30.0 Å². The van der Waals surface area contributed by atoms with Crippen molar-refractivity contribution >= 4 is 23.1 Å². The predicted molar refractivity (Wildman–Crippen MR) is 135 cm³/mol. The lowest BCUT2D eigenvalue weighted by Crippen LogP contribution is -2.40. The van der Waals surface area contributed by atoms with E-state index in [4.69, 9.17) is 5.73 Å². The first-order valence-electron chi connectivity index (χ1n) is 11.8. The molecule has 2 heterocycles. The molecule has 0 bridgehead atoms. The number of para-hydroxylation sites is 1. The molecule has 3 aromatic rings. The van der Waals surface area contributed by atoms with E-state index in [1.165, 1.54) is 10.1 Å². The van der Waals surface area contributed by atoms with Crippen molar-refractivity contribution in [3.63, 3.8) is 0 Å². The minimum absolute atomic E-state index is 0.00248. The van der Waals surface area contributed by atoms with Crippen molar-refractivity contribution in [3.8, 4) is 0 Å². The minimum Gasteiger partial charge on any atom is -0.383 e. The number of nitrogen functional groups attached to an aromatic ring is 1. The van der Waals surface area contributed by atoms with Crippen molar-refractivity contribution < 1.29 is 4.79 Å². The fourth-order valence-corrected chi connectivity index (χ4v) is 4.46. The Hall–Kier alpha value is -3.81. The van der Waals surface area contributed by atoms with Crippen molar-refractivity contribution in [2.45, 2.75) is 45.7 Å².